The Hall–Kier alpha value is -2.88. The van der Waals surface area contributed by atoms with Crippen LogP contribution in [-0.2, 0) is 21.7 Å². The van der Waals surface area contributed by atoms with Crippen LogP contribution < -0.4 is 0 Å². The van der Waals surface area contributed by atoms with Crippen molar-refractivity contribution in [3.63, 3.8) is 0 Å². The summed E-state index contributed by atoms with van der Waals surface area (Å²) in [7, 11) is 4.38. The maximum absolute atomic E-state index is 4.74. The van der Waals surface area contributed by atoms with Gasteiger partial charge in [-0.15, -0.1) is 0 Å². The van der Waals surface area contributed by atoms with Gasteiger partial charge in [-0.05, 0) is 64.8 Å². The van der Waals surface area contributed by atoms with Gasteiger partial charge >= 0.3 is 0 Å². The maximum Gasteiger partial charge on any atom is 0.210 e. The highest BCUT2D eigenvalue weighted by Crippen LogP contribution is 2.49. The molecule has 4 aliphatic heterocycles. The van der Waals surface area contributed by atoms with Crippen LogP contribution >= 0.6 is 0 Å². The van der Waals surface area contributed by atoms with Crippen molar-refractivity contribution in [1.82, 2.24) is 0 Å². The first-order valence-electron chi connectivity index (χ1n) is 14.0. The lowest BCUT2D eigenvalue weighted by Crippen LogP contribution is -2.25. The molecule has 0 bridgehead atoms. The molecule has 2 aromatic carbocycles. The Labute approximate surface area is 230 Å². The zero-order chi connectivity index (χ0) is 28.3. The Morgan fingerprint density at radius 3 is 1.11 bits per heavy atom. The van der Waals surface area contributed by atoms with Crippen LogP contribution in [0.4, 0.5) is 22.7 Å². The lowest BCUT2D eigenvalue weighted by molar-refractivity contribution is -0.406. The summed E-state index contributed by atoms with van der Waals surface area (Å²) in [5.74, 6) is 0. The summed E-state index contributed by atoms with van der Waals surface area (Å²) in [6.45, 7) is 27.0. The van der Waals surface area contributed by atoms with Gasteiger partial charge in [0.15, 0.2) is 11.4 Å². The number of benzene rings is 2. The molecule has 2 aromatic rings. The topological polar surface area (TPSA) is 30.7 Å². The van der Waals surface area contributed by atoms with E-state index >= 15 is 0 Å². The maximum atomic E-state index is 4.74. The van der Waals surface area contributed by atoms with Crippen LogP contribution in [0.3, 0.4) is 0 Å². The van der Waals surface area contributed by atoms with Crippen LogP contribution in [0.1, 0.15) is 105 Å². The molecule has 4 heterocycles. The zero-order valence-corrected chi connectivity index (χ0v) is 26.1. The molecule has 0 aromatic heterocycles. The highest BCUT2D eigenvalue weighted by Gasteiger charge is 2.48. The van der Waals surface area contributed by atoms with Crippen molar-refractivity contribution in [1.29, 1.82) is 0 Å². The van der Waals surface area contributed by atoms with E-state index in [0.717, 1.165) is 11.4 Å². The third-order valence-corrected chi connectivity index (χ3v) is 10.8. The first kappa shape index (κ1) is 26.7. The summed E-state index contributed by atoms with van der Waals surface area (Å²) in [6, 6.07) is 9.30. The molecule has 0 N–H and O–H groups in total. The number of hydrogen-bond donors (Lipinski definition) is 0. The lowest BCUT2D eigenvalue weighted by atomic mass is 9.78. The molecule has 0 aliphatic carbocycles. The minimum absolute atomic E-state index is 0.0422. The molecule has 0 fully saturated rings. The Balaban J connectivity index is 0.000000156. The second kappa shape index (κ2) is 7.83. The van der Waals surface area contributed by atoms with E-state index in [1.54, 1.807) is 0 Å². The quantitative estimate of drug-likeness (QED) is 0.320. The third-order valence-electron chi connectivity index (χ3n) is 10.8. The fourth-order valence-electron chi connectivity index (χ4n) is 6.52. The van der Waals surface area contributed by atoms with Gasteiger partial charge in [0.25, 0.3) is 0 Å². The molecule has 200 valence electrons. The van der Waals surface area contributed by atoms with E-state index in [9.17, 15) is 0 Å². The van der Waals surface area contributed by atoms with Gasteiger partial charge in [0, 0.05) is 59.4 Å². The molecule has 0 atom stereocenters. The third kappa shape index (κ3) is 3.34. The molecule has 0 radical (unpaired) electrons. The summed E-state index contributed by atoms with van der Waals surface area (Å²) in [5, 5.41) is 0. The predicted octanol–water partition coefficient (Wildman–Crippen LogP) is 8.19. The smallest absolute Gasteiger partial charge is 0.210 e. The van der Waals surface area contributed by atoms with Crippen molar-refractivity contribution < 1.29 is 9.15 Å². The van der Waals surface area contributed by atoms with Crippen LogP contribution in [0, 0.1) is 0 Å². The van der Waals surface area contributed by atoms with Crippen molar-refractivity contribution in [3.05, 3.63) is 46.5 Å². The second-order valence-corrected chi connectivity index (χ2v) is 14.0. The van der Waals surface area contributed by atoms with Crippen LogP contribution in [0.15, 0.2) is 34.3 Å². The van der Waals surface area contributed by atoms with Gasteiger partial charge in [0.05, 0.1) is 22.2 Å². The monoisotopic (exact) mass is 510 g/mol. The number of hydrogen-bond acceptors (Lipinski definition) is 2. The molecule has 4 aliphatic rings. The fraction of sp³-hybridized carbons (Fsp3) is 0.529. The van der Waals surface area contributed by atoms with Crippen molar-refractivity contribution in [2.24, 2.45) is 9.98 Å². The van der Waals surface area contributed by atoms with E-state index in [4.69, 9.17) is 9.98 Å². The van der Waals surface area contributed by atoms with Gasteiger partial charge in [0.2, 0.25) is 11.4 Å². The van der Waals surface area contributed by atoms with Crippen molar-refractivity contribution >= 4 is 45.6 Å². The SMILES string of the molecule is CC1=Nc2cc3c(cc2C1(C)C)N=C(C)C3(C)C.CC1=[N+](C)c2cc3c(cc2C1(C)C)[N+](C)=C(C)C3(C)C. The van der Waals surface area contributed by atoms with Gasteiger partial charge in [0.1, 0.15) is 14.1 Å². The Kier molecular flexibility index (Phi) is 5.51. The highest BCUT2D eigenvalue weighted by atomic mass is 15.1. The Morgan fingerprint density at radius 1 is 0.474 bits per heavy atom. The summed E-state index contributed by atoms with van der Waals surface area (Å²) in [4.78, 5) is 9.48. The van der Waals surface area contributed by atoms with Crippen LogP contribution in [0.5, 0.6) is 0 Å². The molecule has 4 nitrogen and oxygen atoms in total. The van der Waals surface area contributed by atoms with Crippen molar-refractivity contribution in [2.75, 3.05) is 14.1 Å². The summed E-state index contributed by atoms with van der Waals surface area (Å²) in [6.07, 6.45) is 0. The molecule has 4 heteroatoms. The molecule has 6 rings (SSSR count). The van der Waals surface area contributed by atoms with Crippen LogP contribution in [-0.4, -0.2) is 46.1 Å². The Bertz CT molecular complexity index is 1430. The molecular weight excluding hydrogens is 464 g/mol. The standard InChI is InChI=1S/C18H26N2.C16H20N2/c1-11-17(3,4)13-9-16-14(10-15(13)19(11)7)18(5,6)12(2)20(16)8;1-9-15(3,4)11-7-14-12(8-13(11)17-9)16(5,6)10(2)18-14/h9-10H,1-8H3;7-8H,1-6H3/q+2;. The second-order valence-electron chi connectivity index (χ2n) is 14.0. The van der Waals surface area contributed by atoms with Crippen LogP contribution in [0.25, 0.3) is 0 Å². The summed E-state index contributed by atoms with van der Waals surface area (Å²) >= 11 is 0. The average molecular weight is 511 g/mol. The van der Waals surface area contributed by atoms with Gasteiger partial charge in [-0.1, -0.05) is 27.7 Å². The van der Waals surface area contributed by atoms with Gasteiger partial charge in [-0.3, -0.25) is 9.98 Å². The van der Waals surface area contributed by atoms with E-state index in [1.165, 1.54) is 56.5 Å². The molecule has 0 spiro atoms. The average Bonchev–Trinajstić information content (AvgIpc) is 3.34. The summed E-state index contributed by atoms with van der Waals surface area (Å²) in [5.41, 5.74) is 16.1. The predicted molar refractivity (Wildman–Crippen MR) is 164 cm³/mol. The number of fused-ring (bicyclic) bond motifs is 4. The van der Waals surface area contributed by atoms with Crippen molar-refractivity contribution in [2.45, 2.75) is 105 Å². The number of aliphatic imine (C=N–C) groups is 2. The van der Waals surface area contributed by atoms with Gasteiger partial charge in [-0.2, -0.15) is 0 Å². The van der Waals surface area contributed by atoms with E-state index in [-0.39, 0.29) is 21.7 Å². The normalized spacial score (nSPS) is 22.4. The molecule has 0 saturated heterocycles. The number of nitrogens with zero attached hydrogens (tertiary/aromatic N) is 4. The number of rotatable bonds is 0. The fourth-order valence-corrected chi connectivity index (χ4v) is 6.52. The first-order chi connectivity index (χ1) is 17.3. The molecule has 0 amide bonds. The Morgan fingerprint density at radius 2 is 0.789 bits per heavy atom. The van der Waals surface area contributed by atoms with Crippen LogP contribution in [0.2, 0.25) is 0 Å². The van der Waals surface area contributed by atoms with E-state index < -0.39 is 0 Å². The highest BCUT2D eigenvalue weighted by molar-refractivity contribution is 6.04. The minimum Gasteiger partial charge on any atom is -0.257 e. The first-order valence-corrected chi connectivity index (χ1v) is 14.0. The van der Waals surface area contributed by atoms with Crippen molar-refractivity contribution in [3.8, 4) is 0 Å². The zero-order valence-electron chi connectivity index (χ0n) is 26.1. The van der Waals surface area contributed by atoms with Gasteiger partial charge < -0.3 is 0 Å². The minimum atomic E-state index is 0.0422. The molecule has 0 unspecified atom stereocenters. The van der Waals surface area contributed by atoms with E-state index in [0.29, 0.717) is 0 Å². The lowest BCUT2D eigenvalue weighted by Gasteiger charge is -2.23. The van der Waals surface area contributed by atoms with Gasteiger partial charge in [-0.25, -0.2) is 9.15 Å². The molecule has 38 heavy (non-hydrogen) atoms. The molecule has 0 saturated carbocycles. The summed E-state index contributed by atoms with van der Waals surface area (Å²) < 4.78 is 4.72. The molecular formula is C34H46N4+2. The van der Waals surface area contributed by atoms with E-state index in [1.807, 2.05) is 0 Å². The largest absolute Gasteiger partial charge is 0.257 e. The van der Waals surface area contributed by atoms with E-state index in [2.05, 4.69) is 131 Å².